The van der Waals surface area contributed by atoms with Crippen LogP contribution in [0.25, 0.3) is 0 Å². The zero-order chi connectivity index (χ0) is 20.2. The van der Waals surface area contributed by atoms with Crippen LogP contribution in [0.4, 0.5) is 4.39 Å². The number of halogens is 1. The van der Waals surface area contributed by atoms with E-state index in [1.54, 1.807) is 12.1 Å². The van der Waals surface area contributed by atoms with Crippen LogP contribution in [0, 0.1) is 23.6 Å². The SMILES string of the molecule is C=C(C1CCN(CC2CCC[C@@H]2c2cccc(F)c2)CC1)C1CCCCC1=NC. The number of rotatable bonds is 5. The minimum absolute atomic E-state index is 0.0924. The van der Waals surface area contributed by atoms with Gasteiger partial charge < -0.3 is 4.90 Å². The third-order valence-corrected chi connectivity index (χ3v) is 7.85. The average Bonchev–Trinajstić information content (AvgIpc) is 3.22. The van der Waals surface area contributed by atoms with Gasteiger partial charge in [-0.1, -0.05) is 37.1 Å². The Labute approximate surface area is 176 Å². The summed E-state index contributed by atoms with van der Waals surface area (Å²) in [5.41, 5.74) is 4.07. The zero-order valence-electron chi connectivity index (χ0n) is 18.1. The van der Waals surface area contributed by atoms with Crippen molar-refractivity contribution in [1.29, 1.82) is 0 Å². The molecule has 2 unspecified atom stereocenters. The van der Waals surface area contributed by atoms with Crippen LogP contribution in [-0.2, 0) is 0 Å². The summed E-state index contributed by atoms with van der Waals surface area (Å²) < 4.78 is 13.7. The number of hydrogen-bond acceptors (Lipinski definition) is 2. The first-order chi connectivity index (χ1) is 14.2. The van der Waals surface area contributed by atoms with Crippen molar-refractivity contribution in [2.75, 3.05) is 26.7 Å². The van der Waals surface area contributed by atoms with E-state index in [1.165, 1.54) is 94.3 Å². The fraction of sp³-hybridized carbons (Fsp3) is 0.654. The Morgan fingerprint density at radius 2 is 1.93 bits per heavy atom. The standard InChI is InChI=1S/C26H37FN2/c1-19(24-10-3-4-12-26(24)28-2)20-13-15-29(16-14-20)18-22-8-6-11-25(22)21-7-5-9-23(27)17-21/h5,7,9,17,20,22,24-25H,1,3-4,6,8,10-16,18H2,2H3/t22?,24?,25-/m1/s1. The predicted octanol–water partition coefficient (Wildman–Crippen LogP) is 6.24. The van der Waals surface area contributed by atoms with Crippen molar-refractivity contribution in [1.82, 2.24) is 4.90 Å². The van der Waals surface area contributed by atoms with Gasteiger partial charge in [-0.3, -0.25) is 4.99 Å². The van der Waals surface area contributed by atoms with Crippen LogP contribution in [0.5, 0.6) is 0 Å². The van der Waals surface area contributed by atoms with Gasteiger partial charge >= 0.3 is 0 Å². The molecule has 0 spiro atoms. The number of nitrogens with zero attached hydrogens (tertiary/aromatic N) is 2. The van der Waals surface area contributed by atoms with Crippen LogP contribution in [0.3, 0.4) is 0 Å². The fourth-order valence-corrected chi connectivity index (χ4v) is 6.20. The molecule has 3 aliphatic rings. The van der Waals surface area contributed by atoms with E-state index >= 15 is 0 Å². The summed E-state index contributed by atoms with van der Waals surface area (Å²) in [6, 6.07) is 7.32. The van der Waals surface area contributed by atoms with Gasteiger partial charge in [0.15, 0.2) is 0 Å². The highest BCUT2D eigenvalue weighted by Gasteiger charge is 2.33. The number of allylic oxidation sites excluding steroid dienone is 1. The molecule has 4 rings (SSSR count). The molecule has 1 aromatic carbocycles. The van der Waals surface area contributed by atoms with Crippen LogP contribution >= 0.6 is 0 Å². The Hall–Kier alpha value is -1.48. The van der Waals surface area contributed by atoms with Crippen molar-refractivity contribution in [2.45, 2.75) is 63.7 Å². The summed E-state index contributed by atoms with van der Waals surface area (Å²) in [6.07, 6.45) is 11.3. The summed E-state index contributed by atoms with van der Waals surface area (Å²) in [5, 5.41) is 0. The lowest BCUT2D eigenvalue weighted by Crippen LogP contribution is -2.39. The van der Waals surface area contributed by atoms with Crippen LogP contribution in [0.15, 0.2) is 41.4 Å². The van der Waals surface area contributed by atoms with Gasteiger partial charge in [0, 0.05) is 25.2 Å². The summed E-state index contributed by atoms with van der Waals surface area (Å²) in [6.45, 7) is 8.09. The molecule has 0 amide bonds. The van der Waals surface area contributed by atoms with Crippen molar-refractivity contribution in [3.63, 3.8) is 0 Å². The largest absolute Gasteiger partial charge is 0.303 e. The molecule has 1 saturated heterocycles. The summed E-state index contributed by atoms with van der Waals surface area (Å²) in [7, 11) is 1.96. The molecule has 29 heavy (non-hydrogen) atoms. The van der Waals surface area contributed by atoms with E-state index in [9.17, 15) is 4.39 Å². The smallest absolute Gasteiger partial charge is 0.123 e. The molecule has 0 bridgehead atoms. The molecule has 2 aliphatic carbocycles. The van der Waals surface area contributed by atoms with Crippen molar-refractivity contribution < 1.29 is 4.39 Å². The first-order valence-electron chi connectivity index (χ1n) is 11.8. The lowest BCUT2D eigenvalue weighted by Gasteiger charge is -2.38. The minimum Gasteiger partial charge on any atom is -0.303 e. The van der Waals surface area contributed by atoms with Crippen molar-refractivity contribution in [2.24, 2.45) is 22.7 Å². The van der Waals surface area contributed by atoms with E-state index in [0.29, 0.717) is 23.7 Å². The second-order valence-corrected chi connectivity index (χ2v) is 9.52. The van der Waals surface area contributed by atoms with Crippen LogP contribution in [0.2, 0.25) is 0 Å². The lowest BCUT2D eigenvalue weighted by molar-refractivity contribution is 0.164. The second-order valence-electron chi connectivity index (χ2n) is 9.52. The van der Waals surface area contributed by atoms with Gasteiger partial charge in [0.25, 0.3) is 0 Å². The lowest BCUT2D eigenvalue weighted by atomic mass is 9.75. The highest BCUT2D eigenvalue weighted by Crippen LogP contribution is 2.41. The topological polar surface area (TPSA) is 15.6 Å². The summed E-state index contributed by atoms with van der Waals surface area (Å²) >= 11 is 0. The van der Waals surface area contributed by atoms with Crippen LogP contribution < -0.4 is 0 Å². The highest BCUT2D eigenvalue weighted by molar-refractivity contribution is 5.89. The maximum Gasteiger partial charge on any atom is 0.123 e. The molecule has 3 atom stereocenters. The third-order valence-electron chi connectivity index (χ3n) is 7.85. The fourth-order valence-electron chi connectivity index (χ4n) is 6.20. The van der Waals surface area contributed by atoms with Gasteiger partial charge in [0.1, 0.15) is 5.82 Å². The van der Waals surface area contributed by atoms with Gasteiger partial charge in [-0.05, 0) is 93.5 Å². The Morgan fingerprint density at radius 3 is 2.69 bits per heavy atom. The Morgan fingerprint density at radius 1 is 1.10 bits per heavy atom. The van der Waals surface area contributed by atoms with Gasteiger partial charge in [-0.2, -0.15) is 0 Å². The van der Waals surface area contributed by atoms with Gasteiger partial charge in [0.05, 0.1) is 0 Å². The second kappa shape index (κ2) is 9.55. The predicted molar refractivity (Wildman–Crippen MR) is 120 cm³/mol. The van der Waals surface area contributed by atoms with Gasteiger partial charge in [-0.15, -0.1) is 0 Å². The van der Waals surface area contributed by atoms with Crippen LogP contribution in [-0.4, -0.2) is 37.3 Å². The molecular formula is C26H37FN2. The van der Waals surface area contributed by atoms with E-state index in [1.807, 2.05) is 13.1 Å². The zero-order valence-corrected chi connectivity index (χ0v) is 18.1. The quantitative estimate of drug-likeness (QED) is 0.538. The third kappa shape index (κ3) is 4.82. The van der Waals surface area contributed by atoms with Crippen LogP contribution in [0.1, 0.15) is 69.3 Å². The van der Waals surface area contributed by atoms with Crippen molar-refractivity contribution >= 4 is 5.71 Å². The maximum atomic E-state index is 13.7. The van der Waals surface area contributed by atoms with Gasteiger partial charge in [-0.25, -0.2) is 4.39 Å². The number of piperidine rings is 1. The monoisotopic (exact) mass is 396 g/mol. The Bertz CT molecular complexity index is 732. The van der Waals surface area contributed by atoms with E-state index < -0.39 is 0 Å². The summed E-state index contributed by atoms with van der Waals surface area (Å²) in [5.74, 6) is 2.31. The molecule has 0 aromatic heterocycles. The minimum atomic E-state index is -0.0924. The number of likely N-dealkylation sites (tertiary alicyclic amines) is 1. The first kappa shape index (κ1) is 20.8. The molecule has 158 valence electrons. The normalized spacial score (nSPS) is 30.7. The first-order valence-corrected chi connectivity index (χ1v) is 11.8. The number of aliphatic imine (C=N–C) groups is 1. The summed E-state index contributed by atoms with van der Waals surface area (Å²) in [4.78, 5) is 7.26. The Balaban J connectivity index is 1.31. The van der Waals surface area contributed by atoms with E-state index in [-0.39, 0.29) is 5.82 Å². The molecular weight excluding hydrogens is 359 g/mol. The highest BCUT2D eigenvalue weighted by atomic mass is 19.1. The van der Waals surface area contributed by atoms with E-state index in [0.717, 1.165) is 0 Å². The molecule has 3 fully saturated rings. The molecule has 2 nitrogen and oxygen atoms in total. The molecule has 1 aromatic rings. The average molecular weight is 397 g/mol. The van der Waals surface area contributed by atoms with Crippen molar-refractivity contribution in [3.05, 3.63) is 47.8 Å². The molecule has 0 N–H and O–H groups in total. The molecule has 3 heteroatoms. The van der Waals surface area contributed by atoms with Crippen molar-refractivity contribution in [3.8, 4) is 0 Å². The molecule has 1 heterocycles. The maximum absolute atomic E-state index is 13.7. The number of hydrogen-bond donors (Lipinski definition) is 0. The molecule has 2 saturated carbocycles. The number of benzene rings is 1. The molecule has 1 aliphatic heterocycles. The Kier molecular flexibility index (Phi) is 6.85. The van der Waals surface area contributed by atoms with Gasteiger partial charge in [0.2, 0.25) is 0 Å². The van der Waals surface area contributed by atoms with E-state index in [4.69, 9.17) is 0 Å². The molecule has 0 radical (unpaired) electrons. The van der Waals surface area contributed by atoms with E-state index in [2.05, 4.69) is 22.5 Å².